The summed E-state index contributed by atoms with van der Waals surface area (Å²) in [4.78, 5) is 2.49. The predicted octanol–water partition coefficient (Wildman–Crippen LogP) is 6.30. The third kappa shape index (κ3) is 5.61. The van der Waals surface area contributed by atoms with E-state index >= 15 is 0 Å². The van der Waals surface area contributed by atoms with Crippen LogP contribution >= 0.6 is 0 Å². The van der Waals surface area contributed by atoms with E-state index in [0.717, 1.165) is 31.8 Å². The van der Waals surface area contributed by atoms with E-state index in [9.17, 15) is 0 Å². The topological polar surface area (TPSA) is 26.6 Å². The lowest BCUT2D eigenvalue weighted by Gasteiger charge is -2.24. The van der Waals surface area contributed by atoms with Gasteiger partial charge >= 0.3 is 0 Å². The molecule has 0 saturated heterocycles. The Morgan fingerprint density at radius 1 is 0.857 bits per heavy atom. The lowest BCUT2D eigenvalue weighted by Crippen LogP contribution is -2.28. The Hall–Kier alpha value is -3.08. The van der Waals surface area contributed by atoms with Crippen molar-refractivity contribution in [3.8, 4) is 5.75 Å². The summed E-state index contributed by atoms with van der Waals surface area (Å²) in [5, 5.41) is 1.29. The zero-order chi connectivity index (χ0) is 24.2. The average molecular weight is 469 g/mol. The van der Waals surface area contributed by atoms with E-state index in [1.807, 2.05) is 0 Å². The first-order chi connectivity index (χ1) is 17.1. The van der Waals surface area contributed by atoms with Gasteiger partial charge in [-0.1, -0.05) is 68.4 Å². The minimum Gasteiger partial charge on any atom is -0.491 e. The molecule has 35 heavy (non-hydrogen) atoms. The van der Waals surface area contributed by atoms with E-state index in [-0.39, 0.29) is 0 Å². The number of para-hydroxylation sites is 1. The number of hydrogen-bond donors (Lipinski definition) is 0. The van der Waals surface area contributed by atoms with Gasteiger partial charge in [0.1, 0.15) is 12.4 Å². The molecule has 182 valence electrons. The van der Waals surface area contributed by atoms with Crippen molar-refractivity contribution < 1.29 is 9.47 Å². The Bertz CT molecular complexity index is 1290. The number of benzene rings is 3. The zero-order valence-electron chi connectivity index (χ0n) is 21.2. The summed E-state index contributed by atoms with van der Waals surface area (Å²) in [6.07, 6.45) is 0.869. The van der Waals surface area contributed by atoms with Gasteiger partial charge in [0.25, 0.3) is 0 Å². The van der Waals surface area contributed by atoms with Crippen molar-refractivity contribution in [1.82, 2.24) is 9.47 Å². The summed E-state index contributed by atoms with van der Waals surface area (Å²) in [7, 11) is 2.17. The van der Waals surface area contributed by atoms with E-state index in [1.54, 1.807) is 0 Å². The number of rotatable bonds is 3. The molecule has 0 unspecified atom stereocenters. The van der Waals surface area contributed by atoms with Crippen LogP contribution in [-0.2, 0) is 31.3 Å². The van der Waals surface area contributed by atoms with Gasteiger partial charge in [-0.25, -0.2) is 0 Å². The van der Waals surface area contributed by atoms with Crippen LogP contribution in [0.4, 0.5) is 0 Å². The SMILES string of the molecule is CC(C)c1ccc2c(c1)Cc1cccc(c1)CN(Cc1cc3ccccc3n1C)CCOCCO2. The molecule has 0 spiro atoms. The third-order valence-electron chi connectivity index (χ3n) is 7.02. The van der Waals surface area contributed by atoms with Crippen LogP contribution in [0.3, 0.4) is 0 Å². The Balaban J connectivity index is 1.42. The molecule has 0 amide bonds. The van der Waals surface area contributed by atoms with Crippen molar-refractivity contribution in [3.63, 3.8) is 0 Å². The van der Waals surface area contributed by atoms with Crippen molar-refractivity contribution >= 4 is 10.9 Å². The normalized spacial score (nSPS) is 15.5. The highest BCUT2D eigenvalue weighted by atomic mass is 16.5. The molecule has 3 aromatic carbocycles. The van der Waals surface area contributed by atoms with Crippen molar-refractivity contribution in [3.05, 3.63) is 101 Å². The van der Waals surface area contributed by atoms with Crippen LogP contribution in [0.2, 0.25) is 0 Å². The summed E-state index contributed by atoms with van der Waals surface area (Å²) < 4.78 is 14.5. The van der Waals surface area contributed by atoms with E-state index in [0.29, 0.717) is 25.7 Å². The van der Waals surface area contributed by atoms with Gasteiger partial charge < -0.3 is 14.0 Å². The second-order valence-electron chi connectivity index (χ2n) is 9.94. The molecule has 4 aromatic rings. The molecule has 0 atom stereocenters. The molecule has 5 rings (SSSR count). The van der Waals surface area contributed by atoms with Gasteiger partial charge in [0, 0.05) is 44.3 Å². The standard InChI is InChI=1S/C31H36N2O2/c1-23(2)26-11-12-31-28(19-26)18-24-7-6-8-25(17-24)21-33(13-14-34-15-16-35-31)22-29-20-27-9-4-5-10-30(27)32(29)3/h4-12,17,19-20,23H,13-16,18,21-22H2,1-3H3. The van der Waals surface area contributed by atoms with Gasteiger partial charge in [0.05, 0.1) is 13.2 Å². The molecular formula is C31H36N2O2. The fraction of sp³-hybridized carbons (Fsp3) is 0.355. The van der Waals surface area contributed by atoms with Crippen LogP contribution in [0.1, 0.15) is 47.7 Å². The first-order valence-electron chi connectivity index (χ1n) is 12.7. The molecule has 0 fully saturated rings. The van der Waals surface area contributed by atoms with Gasteiger partial charge in [0.2, 0.25) is 0 Å². The number of nitrogens with zero attached hydrogens (tertiary/aromatic N) is 2. The molecule has 0 saturated carbocycles. The molecule has 0 radical (unpaired) electrons. The maximum Gasteiger partial charge on any atom is 0.122 e. The first kappa shape index (κ1) is 23.7. The minimum absolute atomic E-state index is 0.491. The molecule has 1 aliphatic heterocycles. The molecule has 0 aliphatic carbocycles. The molecule has 4 heteroatoms. The molecule has 2 bridgehead atoms. The lowest BCUT2D eigenvalue weighted by molar-refractivity contribution is 0.0752. The highest BCUT2D eigenvalue weighted by Gasteiger charge is 2.14. The maximum absolute atomic E-state index is 6.17. The van der Waals surface area contributed by atoms with Crippen molar-refractivity contribution in [2.45, 2.75) is 39.3 Å². The Morgan fingerprint density at radius 3 is 2.57 bits per heavy atom. The van der Waals surface area contributed by atoms with E-state index < -0.39 is 0 Å². The van der Waals surface area contributed by atoms with Gasteiger partial charge in [-0.3, -0.25) is 4.90 Å². The number of aromatic nitrogens is 1. The van der Waals surface area contributed by atoms with Gasteiger partial charge in [-0.05, 0) is 51.8 Å². The second-order valence-corrected chi connectivity index (χ2v) is 9.94. The monoisotopic (exact) mass is 468 g/mol. The molecule has 2 heterocycles. The van der Waals surface area contributed by atoms with E-state index in [4.69, 9.17) is 9.47 Å². The van der Waals surface area contributed by atoms with Crippen molar-refractivity contribution in [2.24, 2.45) is 7.05 Å². The van der Waals surface area contributed by atoms with Gasteiger partial charge in [0.15, 0.2) is 0 Å². The third-order valence-corrected chi connectivity index (χ3v) is 7.02. The van der Waals surface area contributed by atoms with Crippen molar-refractivity contribution in [1.29, 1.82) is 0 Å². The summed E-state index contributed by atoms with van der Waals surface area (Å²) in [6.45, 7) is 8.99. The quantitative estimate of drug-likeness (QED) is 0.353. The fourth-order valence-electron chi connectivity index (χ4n) is 5.00. The van der Waals surface area contributed by atoms with Crippen LogP contribution in [0.15, 0.2) is 72.8 Å². The smallest absolute Gasteiger partial charge is 0.122 e. The van der Waals surface area contributed by atoms with Crippen LogP contribution in [0.5, 0.6) is 5.75 Å². The first-order valence-corrected chi connectivity index (χ1v) is 12.7. The molecular weight excluding hydrogens is 432 g/mol. The zero-order valence-corrected chi connectivity index (χ0v) is 21.2. The molecule has 4 nitrogen and oxygen atoms in total. The van der Waals surface area contributed by atoms with Gasteiger partial charge in [-0.15, -0.1) is 0 Å². The van der Waals surface area contributed by atoms with Crippen molar-refractivity contribution in [2.75, 3.05) is 26.4 Å². The Kier molecular flexibility index (Phi) is 7.21. The molecule has 0 N–H and O–H groups in total. The van der Waals surface area contributed by atoms with Gasteiger partial charge in [-0.2, -0.15) is 0 Å². The Morgan fingerprint density at radius 2 is 1.71 bits per heavy atom. The number of aryl methyl sites for hydroxylation is 1. The second kappa shape index (κ2) is 10.7. The van der Waals surface area contributed by atoms with Crippen LogP contribution in [0.25, 0.3) is 10.9 Å². The number of ether oxygens (including phenoxy) is 2. The maximum atomic E-state index is 6.17. The Labute approximate surface area is 209 Å². The predicted molar refractivity (Wildman–Crippen MR) is 143 cm³/mol. The lowest BCUT2D eigenvalue weighted by atomic mass is 9.96. The highest BCUT2D eigenvalue weighted by molar-refractivity contribution is 5.81. The minimum atomic E-state index is 0.491. The van der Waals surface area contributed by atoms with E-state index in [2.05, 4.69) is 103 Å². The fourth-order valence-corrected chi connectivity index (χ4v) is 5.00. The summed E-state index contributed by atoms with van der Waals surface area (Å²) >= 11 is 0. The largest absolute Gasteiger partial charge is 0.491 e. The van der Waals surface area contributed by atoms with E-state index in [1.165, 1.54) is 38.9 Å². The number of fused-ring (bicyclic) bond motifs is 4. The highest BCUT2D eigenvalue weighted by Crippen LogP contribution is 2.27. The molecule has 1 aliphatic rings. The van der Waals surface area contributed by atoms with Crippen LogP contribution < -0.4 is 4.74 Å². The summed E-state index contributed by atoms with van der Waals surface area (Å²) in [5.74, 6) is 1.46. The molecule has 1 aromatic heterocycles. The summed E-state index contributed by atoms with van der Waals surface area (Å²) in [5.41, 5.74) is 7.85. The summed E-state index contributed by atoms with van der Waals surface area (Å²) in [6, 6.07) is 26.6. The van der Waals surface area contributed by atoms with Crippen LogP contribution in [-0.4, -0.2) is 35.8 Å². The number of hydrogen-bond acceptors (Lipinski definition) is 3. The average Bonchev–Trinajstić information content (AvgIpc) is 3.16. The van der Waals surface area contributed by atoms with Crippen LogP contribution in [0, 0.1) is 0 Å².